The van der Waals surface area contributed by atoms with Gasteiger partial charge in [0.15, 0.2) is 0 Å². The molecule has 0 heterocycles. The molecule has 1 aromatic carbocycles. The van der Waals surface area contributed by atoms with Gasteiger partial charge in [-0.3, -0.25) is 0 Å². The molecule has 1 aromatic rings. The normalized spacial score (nSPS) is 17.8. The van der Waals surface area contributed by atoms with E-state index in [0.717, 1.165) is 50.5 Å². The topological polar surface area (TPSA) is 3.24 Å². The van der Waals surface area contributed by atoms with Crippen LogP contribution in [0.15, 0.2) is 168 Å². The molecule has 0 atom stereocenters. The van der Waals surface area contributed by atoms with E-state index in [2.05, 4.69) is 128 Å². The highest BCUT2D eigenvalue weighted by atomic mass is 15.2. The molecular formula is C38H41N. The van der Waals surface area contributed by atoms with Gasteiger partial charge in [-0.05, 0) is 91.0 Å². The number of allylic oxidation sites excluding steroid dienone is 21. The second-order valence-electron chi connectivity index (χ2n) is 9.97. The molecule has 0 unspecified atom stereocenters. The van der Waals surface area contributed by atoms with Crippen LogP contribution in [0.3, 0.4) is 0 Å². The zero-order valence-electron chi connectivity index (χ0n) is 23.4. The van der Waals surface area contributed by atoms with Gasteiger partial charge >= 0.3 is 0 Å². The van der Waals surface area contributed by atoms with Crippen molar-refractivity contribution in [3.8, 4) is 0 Å². The fourth-order valence-corrected chi connectivity index (χ4v) is 5.07. The van der Waals surface area contributed by atoms with Crippen molar-refractivity contribution in [2.45, 2.75) is 51.9 Å². The zero-order chi connectivity index (χ0) is 27.3. The van der Waals surface area contributed by atoms with Crippen molar-refractivity contribution in [1.29, 1.82) is 0 Å². The minimum absolute atomic E-state index is 0.933. The number of benzene rings is 1. The number of nitrogens with zero attached hydrogens (tertiary/aromatic N) is 1. The van der Waals surface area contributed by atoms with Crippen molar-refractivity contribution in [2.24, 2.45) is 0 Å². The van der Waals surface area contributed by atoms with E-state index in [1.807, 2.05) is 12.2 Å². The Morgan fingerprint density at radius 1 is 0.846 bits per heavy atom. The lowest BCUT2D eigenvalue weighted by Gasteiger charge is -2.34. The number of rotatable bonds is 11. The predicted molar refractivity (Wildman–Crippen MR) is 171 cm³/mol. The van der Waals surface area contributed by atoms with Crippen molar-refractivity contribution in [3.05, 3.63) is 174 Å². The van der Waals surface area contributed by atoms with E-state index >= 15 is 0 Å². The fraction of sp³-hybridized carbons (Fsp3) is 0.211. The summed E-state index contributed by atoms with van der Waals surface area (Å²) in [5.74, 6) is 0. The van der Waals surface area contributed by atoms with E-state index in [1.165, 1.54) is 39.4 Å². The molecule has 0 spiro atoms. The molecule has 0 amide bonds. The Morgan fingerprint density at radius 3 is 2.31 bits per heavy atom. The molecule has 3 aliphatic carbocycles. The van der Waals surface area contributed by atoms with Gasteiger partial charge in [0.1, 0.15) is 0 Å². The third-order valence-electron chi connectivity index (χ3n) is 7.23. The van der Waals surface area contributed by atoms with Crippen molar-refractivity contribution in [1.82, 2.24) is 4.90 Å². The smallest absolute Gasteiger partial charge is 0.0418 e. The Kier molecular flexibility index (Phi) is 10.6. The van der Waals surface area contributed by atoms with E-state index < -0.39 is 0 Å². The average molecular weight is 512 g/mol. The Morgan fingerprint density at radius 2 is 1.62 bits per heavy atom. The summed E-state index contributed by atoms with van der Waals surface area (Å²) in [5.41, 5.74) is 10.4. The quantitative estimate of drug-likeness (QED) is 0.267. The molecule has 0 aromatic heterocycles. The van der Waals surface area contributed by atoms with Crippen LogP contribution < -0.4 is 0 Å². The van der Waals surface area contributed by atoms with Crippen LogP contribution in [0.25, 0.3) is 5.57 Å². The van der Waals surface area contributed by atoms with E-state index in [-0.39, 0.29) is 0 Å². The SMILES string of the molecule is C=C/C=C\C(=C)C1=CC=C(N(C2=CCC=C(C/C=C\C=C/CC)C=C2)C2=CC=C(c3ccccc3)CC2)CC1. The first-order chi connectivity index (χ1) is 19.2. The summed E-state index contributed by atoms with van der Waals surface area (Å²) in [6, 6.07) is 10.7. The Hall–Kier alpha value is -4.10. The molecule has 0 N–H and O–H groups in total. The van der Waals surface area contributed by atoms with Crippen molar-refractivity contribution < 1.29 is 0 Å². The summed E-state index contributed by atoms with van der Waals surface area (Å²) < 4.78 is 0. The lowest BCUT2D eigenvalue weighted by molar-refractivity contribution is 0.488. The summed E-state index contributed by atoms with van der Waals surface area (Å²) in [7, 11) is 0. The molecular weight excluding hydrogens is 470 g/mol. The molecule has 0 fully saturated rings. The maximum absolute atomic E-state index is 4.26. The van der Waals surface area contributed by atoms with E-state index in [1.54, 1.807) is 6.08 Å². The van der Waals surface area contributed by atoms with Gasteiger partial charge in [0.2, 0.25) is 0 Å². The molecule has 0 saturated carbocycles. The summed E-state index contributed by atoms with van der Waals surface area (Å²) >= 11 is 0. The van der Waals surface area contributed by atoms with Gasteiger partial charge in [0.25, 0.3) is 0 Å². The summed E-state index contributed by atoms with van der Waals surface area (Å²) in [6.45, 7) is 10.2. The lowest BCUT2D eigenvalue weighted by Crippen LogP contribution is -2.23. The first-order valence-electron chi connectivity index (χ1n) is 14.2. The molecule has 3 aliphatic rings. The van der Waals surface area contributed by atoms with E-state index in [4.69, 9.17) is 0 Å². The van der Waals surface area contributed by atoms with Gasteiger partial charge < -0.3 is 4.90 Å². The minimum atomic E-state index is 0.933. The van der Waals surface area contributed by atoms with Crippen LogP contribution in [0.1, 0.15) is 57.4 Å². The third kappa shape index (κ3) is 7.94. The Labute approximate surface area is 236 Å². The first-order valence-corrected chi connectivity index (χ1v) is 14.2. The van der Waals surface area contributed by atoms with Crippen molar-refractivity contribution in [3.63, 3.8) is 0 Å². The molecule has 198 valence electrons. The molecule has 0 radical (unpaired) electrons. The van der Waals surface area contributed by atoms with Gasteiger partial charge in [0, 0.05) is 17.1 Å². The molecule has 0 aliphatic heterocycles. The lowest BCUT2D eigenvalue weighted by atomic mass is 9.92. The molecule has 0 saturated heterocycles. The van der Waals surface area contributed by atoms with Gasteiger partial charge in [-0.25, -0.2) is 0 Å². The largest absolute Gasteiger partial charge is 0.318 e. The highest BCUT2D eigenvalue weighted by molar-refractivity contribution is 5.68. The maximum atomic E-state index is 4.26. The van der Waals surface area contributed by atoms with Crippen LogP contribution in [0, 0.1) is 0 Å². The molecule has 4 rings (SSSR count). The van der Waals surface area contributed by atoms with Gasteiger partial charge in [-0.15, -0.1) is 0 Å². The molecule has 1 nitrogen and oxygen atoms in total. The zero-order valence-corrected chi connectivity index (χ0v) is 23.4. The van der Waals surface area contributed by atoms with Crippen LogP contribution in [0.2, 0.25) is 0 Å². The van der Waals surface area contributed by atoms with Crippen molar-refractivity contribution in [2.75, 3.05) is 0 Å². The second kappa shape index (κ2) is 14.7. The van der Waals surface area contributed by atoms with Crippen LogP contribution in [-0.4, -0.2) is 4.90 Å². The second-order valence-corrected chi connectivity index (χ2v) is 9.97. The molecule has 0 bridgehead atoms. The van der Waals surface area contributed by atoms with Crippen LogP contribution >= 0.6 is 0 Å². The standard InChI is InChI=1S/C38H41N/c1-4-6-8-9-11-16-32-17-14-20-36(26-21-32)39(37-27-22-33(23-28-37)31(3)15-7-5-2)38-29-24-35(25-30-38)34-18-12-10-13-19-34/h5-13,15,17-22,24,26-27,29H,2-4,14,16,23,25,28,30H2,1H3/b8-6-,11-9-,15-7-. The maximum Gasteiger partial charge on any atom is 0.0418 e. The number of hydrogen-bond acceptors (Lipinski definition) is 1. The summed E-state index contributed by atoms with van der Waals surface area (Å²) in [5, 5.41) is 0. The third-order valence-corrected chi connectivity index (χ3v) is 7.23. The predicted octanol–water partition coefficient (Wildman–Crippen LogP) is 10.6. The fourth-order valence-electron chi connectivity index (χ4n) is 5.07. The van der Waals surface area contributed by atoms with Crippen molar-refractivity contribution >= 4 is 5.57 Å². The first kappa shape index (κ1) is 27.9. The Bertz CT molecular complexity index is 1340. The summed E-state index contributed by atoms with van der Waals surface area (Å²) in [4.78, 5) is 2.50. The molecule has 1 heteroatoms. The van der Waals surface area contributed by atoms with Crippen LogP contribution in [0.4, 0.5) is 0 Å². The van der Waals surface area contributed by atoms with E-state index in [9.17, 15) is 0 Å². The summed E-state index contributed by atoms with van der Waals surface area (Å²) in [6.07, 6.45) is 40.0. The number of hydrogen-bond donors (Lipinski definition) is 0. The monoisotopic (exact) mass is 511 g/mol. The van der Waals surface area contributed by atoms with E-state index in [0.29, 0.717) is 0 Å². The van der Waals surface area contributed by atoms with Crippen LogP contribution in [-0.2, 0) is 0 Å². The molecule has 39 heavy (non-hydrogen) atoms. The highest BCUT2D eigenvalue weighted by Crippen LogP contribution is 2.36. The highest BCUT2D eigenvalue weighted by Gasteiger charge is 2.22. The van der Waals surface area contributed by atoms with Gasteiger partial charge in [-0.1, -0.05) is 123 Å². The Balaban J connectivity index is 1.61. The van der Waals surface area contributed by atoms with Crippen LogP contribution in [0.5, 0.6) is 0 Å². The average Bonchev–Trinajstić information content (AvgIpc) is 3.22. The van der Waals surface area contributed by atoms with Gasteiger partial charge in [0.05, 0.1) is 0 Å². The minimum Gasteiger partial charge on any atom is -0.318 e. The van der Waals surface area contributed by atoms with Gasteiger partial charge in [-0.2, -0.15) is 0 Å².